The quantitative estimate of drug-likeness (QED) is 0.491. The second kappa shape index (κ2) is 5.00. The van der Waals surface area contributed by atoms with Gasteiger partial charge in [-0.25, -0.2) is 5.84 Å². The molecular weight excluding hydrogens is 242 g/mol. The third-order valence-corrected chi connectivity index (χ3v) is 4.01. The summed E-state index contributed by atoms with van der Waals surface area (Å²) < 4.78 is 0. The number of nitrogens with two attached hydrogens (primary N) is 1. The molecule has 0 bridgehead atoms. The summed E-state index contributed by atoms with van der Waals surface area (Å²) in [6.45, 7) is 3.25. The first-order chi connectivity index (χ1) is 9.28. The highest BCUT2D eigenvalue weighted by atomic mass is 15.3. The van der Waals surface area contributed by atoms with Crippen molar-refractivity contribution in [1.82, 2.24) is 20.2 Å². The summed E-state index contributed by atoms with van der Waals surface area (Å²) in [5, 5.41) is 11.1. The van der Waals surface area contributed by atoms with E-state index in [1.54, 1.807) is 6.20 Å². The van der Waals surface area contributed by atoms with Gasteiger partial charge in [-0.3, -0.25) is 10.5 Å². The van der Waals surface area contributed by atoms with Crippen LogP contribution in [0.4, 0.5) is 11.8 Å². The Balaban J connectivity index is 1.81. The van der Waals surface area contributed by atoms with E-state index in [1.165, 1.54) is 19.3 Å². The normalized spacial score (nSPS) is 22.8. The average Bonchev–Trinajstić information content (AvgIpc) is 3.04. The molecule has 7 heteroatoms. The molecule has 102 valence electrons. The molecule has 1 saturated carbocycles. The Hall–Kier alpha value is -1.89. The Bertz CT molecular complexity index is 564. The van der Waals surface area contributed by atoms with Crippen LogP contribution < -0.4 is 16.6 Å². The first kappa shape index (κ1) is 12.2. The molecule has 3 rings (SSSR count). The van der Waals surface area contributed by atoms with Crippen LogP contribution in [-0.4, -0.2) is 26.7 Å². The second-order valence-corrected chi connectivity index (χ2v) is 5.22. The zero-order valence-corrected chi connectivity index (χ0v) is 11.0. The fourth-order valence-electron chi connectivity index (χ4n) is 2.79. The number of aromatic nitrogens is 4. The molecule has 0 aromatic carbocycles. The van der Waals surface area contributed by atoms with Crippen LogP contribution in [0.15, 0.2) is 6.20 Å². The van der Waals surface area contributed by atoms with E-state index in [0.717, 1.165) is 23.7 Å². The standard InChI is InChI=1S/C12H19N7/c1-7-3-2-4-8(7)5-14-10-9-6-15-19-11(9)17-12(16-10)18-13/h6-8H,2-5,13H2,1H3,(H3,14,15,16,17,18,19). The minimum Gasteiger partial charge on any atom is -0.369 e. The Labute approximate surface area is 111 Å². The Morgan fingerprint density at radius 2 is 2.32 bits per heavy atom. The molecule has 2 aromatic heterocycles. The van der Waals surface area contributed by atoms with Gasteiger partial charge in [0, 0.05) is 6.54 Å². The zero-order valence-electron chi connectivity index (χ0n) is 11.0. The Morgan fingerprint density at radius 1 is 1.42 bits per heavy atom. The second-order valence-electron chi connectivity index (χ2n) is 5.22. The summed E-state index contributed by atoms with van der Waals surface area (Å²) in [7, 11) is 0. The first-order valence-corrected chi connectivity index (χ1v) is 6.69. The van der Waals surface area contributed by atoms with Crippen LogP contribution in [0, 0.1) is 11.8 Å². The molecule has 0 amide bonds. The van der Waals surface area contributed by atoms with E-state index >= 15 is 0 Å². The number of H-pyrrole nitrogens is 1. The van der Waals surface area contributed by atoms with E-state index in [1.807, 2.05) is 0 Å². The van der Waals surface area contributed by atoms with Gasteiger partial charge in [0.2, 0.25) is 5.95 Å². The largest absolute Gasteiger partial charge is 0.369 e. The molecule has 7 nitrogen and oxygen atoms in total. The van der Waals surface area contributed by atoms with Crippen molar-refractivity contribution in [2.24, 2.45) is 17.7 Å². The molecule has 1 aliphatic carbocycles. The van der Waals surface area contributed by atoms with E-state index in [2.05, 4.69) is 37.8 Å². The number of hydrogen-bond acceptors (Lipinski definition) is 6. The van der Waals surface area contributed by atoms with Gasteiger partial charge in [0.05, 0.1) is 11.6 Å². The van der Waals surface area contributed by atoms with E-state index in [9.17, 15) is 0 Å². The average molecular weight is 261 g/mol. The number of fused-ring (bicyclic) bond motifs is 1. The fourth-order valence-corrected chi connectivity index (χ4v) is 2.79. The summed E-state index contributed by atoms with van der Waals surface area (Å²) in [6.07, 6.45) is 5.67. The minimum atomic E-state index is 0.388. The maximum atomic E-state index is 5.38. The lowest BCUT2D eigenvalue weighted by Crippen LogP contribution is -2.18. The van der Waals surface area contributed by atoms with Gasteiger partial charge in [-0.15, -0.1) is 0 Å². The summed E-state index contributed by atoms with van der Waals surface area (Å²) in [5.74, 6) is 8.05. The highest BCUT2D eigenvalue weighted by molar-refractivity contribution is 5.86. The SMILES string of the molecule is CC1CCCC1CNc1nc(NN)nc2[nH]ncc12. The van der Waals surface area contributed by atoms with Crippen LogP contribution in [0.2, 0.25) is 0 Å². The maximum absolute atomic E-state index is 5.38. The topological polar surface area (TPSA) is 105 Å². The van der Waals surface area contributed by atoms with Crippen LogP contribution in [0.25, 0.3) is 11.0 Å². The van der Waals surface area contributed by atoms with E-state index < -0.39 is 0 Å². The van der Waals surface area contributed by atoms with E-state index in [-0.39, 0.29) is 0 Å². The molecule has 2 unspecified atom stereocenters. The van der Waals surface area contributed by atoms with Crippen molar-refractivity contribution in [3.8, 4) is 0 Å². The fraction of sp³-hybridized carbons (Fsp3) is 0.583. The smallest absolute Gasteiger partial charge is 0.241 e. The third kappa shape index (κ3) is 2.33. The molecule has 1 aliphatic rings. The predicted molar refractivity (Wildman–Crippen MR) is 74.5 cm³/mol. The van der Waals surface area contributed by atoms with E-state index in [4.69, 9.17) is 5.84 Å². The number of nitrogen functional groups attached to an aromatic ring is 1. The molecule has 0 radical (unpaired) electrons. The maximum Gasteiger partial charge on any atom is 0.241 e. The molecular formula is C12H19N7. The van der Waals surface area contributed by atoms with Crippen molar-refractivity contribution in [3.05, 3.63) is 6.20 Å². The van der Waals surface area contributed by atoms with Gasteiger partial charge in [0.1, 0.15) is 5.82 Å². The van der Waals surface area contributed by atoms with Crippen LogP contribution in [-0.2, 0) is 0 Å². The van der Waals surface area contributed by atoms with E-state index in [0.29, 0.717) is 17.5 Å². The number of nitrogens with zero attached hydrogens (tertiary/aromatic N) is 3. The molecule has 2 heterocycles. The molecule has 0 spiro atoms. The van der Waals surface area contributed by atoms with Crippen molar-refractivity contribution in [2.45, 2.75) is 26.2 Å². The van der Waals surface area contributed by atoms with Crippen LogP contribution >= 0.6 is 0 Å². The lowest BCUT2D eigenvalue weighted by Gasteiger charge is -2.16. The van der Waals surface area contributed by atoms with Gasteiger partial charge in [-0.2, -0.15) is 15.1 Å². The number of anilines is 2. The number of aromatic amines is 1. The molecule has 2 aromatic rings. The first-order valence-electron chi connectivity index (χ1n) is 6.69. The highest BCUT2D eigenvalue weighted by Gasteiger charge is 2.23. The number of hydrogen-bond donors (Lipinski definition) is 4. The lowest BCUT2D eigenvalue weighted by atomic mass is 9.98. The van der Waals surface area contributed by atoms with Crippen LogP contribution in [0.5, 0.6) is 0 Å². The Morgan fingerprint density at radius 3 is 3.05 bits per heavy atom. The monoisotopic (exact) mass is 261 g/mol. The molecule has 5 N–H and O–H groups in total. The number of hydrazine groups is 1. The molecule has 0 saturated heterocycles. The van der Waals surface area contributed by atoms with Gasteiger partial charge in [0.25, 0.3) is 0 Å². The highest BCUT2D eigenvalue weighted by Crippen LogP contribution is 2.31. The van der Waals surface area contributed by atoms with Gasteiger partial charge in [-0.05, 0) is 18.3 Å². The summed E-state index contributed by atoms with van der Waals surface area (Å²) >= 11 is 0. The predicted octanol–water partition coefficient (Wildman–Crippen LogP) is 1.49. The van der Waals surface area contributed by atoms with Gasteiger partial charge < -0.3 is 5.32 Å². The number of rotatable bonds is 4. The minimum absolute atomic E-state index is 0.388. The van der Waals surface area contributed by atoms with Gasteiger partial charge >= 0.3 is 0 Å². The summed E-state index contributed by atoms with van der Waals surface area (Å²) in [6, 6.07) is 0. The van der Waals surface area contributed by atoms with Gasteiger partial charge in [0.15, 0.2) is 5.65 Å². The zero-order chi connectivity index (χ0) is 13.2. The van der Waals surface area contributed by atoms with Crippen molar-refractivity contribution in [2.75, 3.05) is 17.3 Å². The van der Waals surface area contributed by atoms with Crippen molar-refractivity contribution in [1.29, 1.82) is 0 Å². The summed E-state index contributed by atoms with van der Waals surface area (Å²) in [5.41, 5.74) is 3.16. The van der Waals surface area contributed by atoms with Gasteiger partial charge in [-0.1, -0.05) is 19.8 Å². The molecule has 1 fully saturated rings. The molecule has 0 aliphatic heterocycles. The van der Waals surface area contributed by atoms with Crippen molar-refractivity contribution < 1.29 is 0 Å². The lowest BCUT2D eigenvalue weighted by molar-refractivity contribution is 0.439. The molecule has 19 heavy (non-hydrogen) atoms. The Kier molecular flexibility index (Phi) is 3.20. The molecule has 2 atom stereocenters. The third-order valence-electron chi connectivity index (χ3n) is 4.01. The summed E-state index contributed by atoms with van der Waals surface area (Å²) in [4.78, 5) is 8.56. The van der Waals surface area contributed by atoms with Crippen molar-refractivity contribution >= 4 is 22.8 Å². The number of nitrogens with one attached hydrogen (secondary N) is 3. The van der Waals surface area contributed by atoms with Crippen LogP contribution in [0.3, 0.4) is 0 Å². The van der Waals surface area contributed by atoms with Crippen LogP contribution in [0.1, 0.15) is 26.2 Å². The van der Waals surface area contributed by atoms with Crippen molar-refractivity contribution in [3.63, 3.8) is 0 Å².